The molecule has 4 rings (SSSR count). The molecule has 0 fully saturated rings. The Hall–Kier alpha value is -0.405. The van der Waals surface area contributed by atoms with E-state index >= 15 is 0 Å². The van der Waals surface area contributed by atoms with Crippen LogP contribution in [0, 0.1) is 6.92 Å². The van der Waals surface area contributed by atoms with Crippen LogP contribution in [0.3, 0.4) is 0 Å². The molecule has 20 heteroatoms. The summed E-state index contributed by atoms with van der Waals surface area (Å²) in [6, 6.07) is 16.0. The highest BCUT2D eigenvalue weighted by atomic mass is 79.9. The Morgan fingerprint density at radius 2 is 0.796 bits per heavy atom. The van der Waals surface area contributed by atoms with E-state index < -0.39 is 0 Å². The average Bonchev–Trinajstić information content (AvgIpc) is 3.12. The van der Waals surface area contributed by atoms with Gasteiger partial charge in [-0.05, 0) is 48.9 Å². The van der Waals surface area contributed by atoms with Gasteiger partial charge in [-0.3, -0.25) is 0 Å². The van der Waals surface area contributed by atoms with Gasteiger partial charge < -0.3 is 33.2 Å². The molecule has 4 aromatic carbocycles. The average molecular weight is 1130 g/mol. The molecule has 0 aliphatic rings. The van der Waals surface area contributed by atoms with Crippen molar-refractivity contribution in [2.75, 3.05) is 55.1 Å². The van der Waals surface area contributed by atoms with Gasteiger partial charge in [0, 0.05) is 11.1 Å². The standard InChI is InChI=1S/C8H7Cl3O2.C8H7Cl3O.C8H9ClO2.C8H10O2.CH2Cl2.CH4.BBr3/c1-12-7-4(9)3-5(10)8(13-2)6(7)11;1-4-5(9)3-6(10)8(12-2)7(4)11;1-10-6-4-3-5-7(11-2)8(6)9;1-9-7-4-3-5-8(6-7)10-2;2-1-3;;2-1(3)4/h3H,1-2H3;3H,1-2H3;3-5H,1-2H3;3-6H,1-2H3;1H2;1H4;. The molecule has 0 unspecified atom stereocenters. The van der Waals surface area contributed by atoms with Crippen LogP contribution in [0.4, 0.5) is 0 Å². The fourth-order valence-corrected chi connectivity index (χ4v) is 5.59. The summed E-state index contributed by atoms with van der Waals surface area (Å²) in [6.45, 7) is 1.81. The smallest absolute Gasteiger partial charge is 0.369 e. The predicted octanol–water partition coefficient (Wildman–Crippen LogP) is 15.9. The van der Waals surface area contributed by atoms with Crippen LogP contribution >= 0.6 is 152 Å². The number of methoxy groups -OCH3 is 7. The maximum absolute atomic E-state index is 5.91. The molecule has 0 amide bonds. The van der Waals surface area contributed by atoms with Crippen molar-refractivity contribution < 1.29 is 33.2 Å². The summed E-state index contributed by atoms with van der Waals surface area (Å²) in [7, 11) is 10.9. The topological polar surface area (TPSA) is 64.6 Å². The first kappa shape index (κ1) is 57.9. The second-order valence-electron chi connectivity index (χ2n) is 8.74. The van der Waals surface area contributed by atoms with Crippen LogP contribution < -0.4 is 33.2 Å². The van der Waals surface area contributed by atoms with Crippen molar-refractivity contribution in [2.24, 2.45) is 0 Å². The van der Waals surface area contributed by atoms with E-state index in [4.69, 9.17) is 138 Å². The molecule has 0 aliphatic carbocycles. The Labute approximate surface area is 389 Å². The number of hydrogen-bond acceptors (Lipinski definition) is 7. The van der Waals surface area contributed by atoms with E-state index in [2.05, 4.69) is 47.3 Å². The van der Waals surface area contributed by atoms with Crippen LogP contribution in [-0.2, 0) is 0 Å². The van der Waals surface area contributed by atoms with Gasteiger partial charge in [-0.15, -0.1) is 70.5 Å². The summed E-state index contributed by atoms with van der Waals surface area (Å²) in [5.41, 5.74) is 0.777. The normalized spacial score (nSPS) is 9.04. The quantitative estimate of drug-likeness (QED) is 0.135. The summed E-state index contributed by atoms with van der Waals surface area (Å²) in [4.78, 5) is 0. The number of halogens is 12. The van der Waals surface area contributed by atoms with Crippen LogP contribution in [0.25, 0.3) is 0 Å². The molecule has 0 saturated carbocycles. The second kappa shape index (κ2) is 33.6. The van der Waals surface area contributed by atoms with E-state index in [1.807, 2.05) is 37.3 Å². The summed E-state index contributed by atoms with van der Waals surface area (Å²) >= 11 is 59.8. The van der Waals surface area contributed by atoms with E-state index in [0.717, 1.165) is 17.1 Å². The first-order valence-corrected chi connectivity index (χ1v) is 20.5. The third kappa shape index (κ3) is 21.9. The van der Waals surface area contributed by atoms with Gasteiger partial charge in [-0.2, -0.15) is 0 Å². The Balaban J connectivity index is -0.000000604. The third-order valence-electron chi connectivity index (χ3n) is 5.70. The van der Waals surface area contributed by atoms with E-state index in [1.54, 1.807) is 46.6 Å². The molecule has 0 bridgehead atoms. The van der Waals surface area contributed by atoms with E-state index in [-0.39, 0.29) is 21.0 Å². The molecule has 0 atom stereocenters. The maximum atomic E-state index is 5.91. The summed E-state index contributed by atoms with van der Waals surface area (Å²) < 4.78 is 35.1. The van der Waals surface area contributed by atoms with Gasteiger partial charge in [-0.25, -0.2) is 0 Å². The molecular weight excluding hydrogens is 1090 g/mol. The van der Waals surface area contributed by atoms with Gasteiger partial charge in [0.1, 0.15) is 33.0 Å². The van der Waals surface area contributed by atoms with Gasteiger partial charge in [0.2, 0.25) is 0 Å². The van der Waals surface area contributed by atoms with Crippen LogP contribution in [-0.4, -0.2) is 58.3 Å². The van der Waals surface area contributed by atoms with Crippen LogP contribution in [0.5, 0.6) is 40.2 Å². The lowest BCUT2D eigenvalue weighted by molar-refractivity contribution is 0.394. The number of ether oxygens (including phenoxy) is 7. The highest BCUT2D eigenvalue weighted by Crippen LogP contribution is 2.44. The zero-order valence-corrected chi connectivity index (χ0v) is 40.9. The minimum Gasteiger partial charge on any atom is -0.497 e. The van der Waals surface area contributed by atoms with Gasteiger partial charge in [0.25, 0.3) is 0 Å². The molecule has 0 aromatic heterocycles. The first-order valence-electron chi connectivity index (χ1n) is 14.0. The molecule has 0 spiro atoms. The Morgan fingerprint density at radius 3 is 1.11 bits per heavy atom. The SMILES string of the molecule is BrB(Br)Br.C.COc1c(Cl)cc(Cl)c(C)c1Cl.COc1c(Cl)cc(Cl)c(OC)c1Cl.COc1cccc(OC)c1.COc1cccc(OC)c1Cl.ClCCl. The van der Waals surface area contributed by atoms with Gasteiger partial charge in [-0.1, -0.05) is 101 Å². The lowest BCUT2D eigenvalue weighted by Gasteiger charge is -2.10. The summed E-state index contributed by atoms with van der Waals surface area (Å²) in [5.74, 6) is 4.10. The Kier molecular flexibility index (Phi) is 36.0. The van der Waals surface area contributed by atoms with Gasteiger partial charge in [0.05, 0.1) is 75.2 Å². The molecule has 4 aromatic rings. The molecule has 54 heavy (non-hydrogen) atoms. The van der Waals surface area contributed by atoms with Gasteiger partial charge >= 0.3 is 3.18 Å². The van der Waals surface area contributed by atoms with E-state index in [9.17, 15) is 0 Å². The minimum absolute atomic E-state index is 0. The number of alkyl halides is 2. The van der Waals surface area contributed by atoms with Crippen molar-refractivity contribution in [1.82, 2.24) is 0 Å². The van der Waals surface area contributed by atoms with Crippen molar-refractivity contribution in [1.29, 1.82) is 0 Å². The second-order valence-corrected chi connectivity index (χ2v) is 18.7. The maximum Gasteiger partial charge on any atom is 0.369 e. The highest BCUT2D eigenvalue weighted by molar-refractivity contribution is 9.69. The monoisotopic (exact) mass is 1120 g/mol. The predicted molar refractivity (Wildman–Crippen MR) is 247 cm³/mol. The minimum atomic E-state index is 0. The summed E-state index contributed by atoms with van der Waals surface area (Å²) in [6.07, 6.45) is 0. The largest absolute Gasteiger partial charge is 0.497 e. The van der Waals surface area contributed by atoms with Crippen molar-refractivity contribution in [3.8, 4) is 40.2 Å². The lowest BCUT2D eigenvalue weighted by Crippen LogP contribution is -1.91. The molecule has 0 heterocycles. The fraction of sp³-hybridized carbons (Fsp3) is 0.294. The molecular formula is C34H39BBr3Cl9O7. The zero-order valence-electron chi connectivity index (χ0n) is 29.4. The molecule has 7 nitrogen and oxygen atoms in total. The van der Waals surface area contributed by atoms with E-state index in [1.165, 1.54) is 27.4 Å². The lowest BCUT2D eigenvalue weighted by atomic mass is 10.2. The molecule has 304 valence electrons. The number of benzene rings is 4. The van der Waals surface area contributed by atoms with Crippen molar-refractivity contribution in [2.45, 2.75) is 14.4 Å². The zero-order chi connectivity index (χ0) is 41.3. The Morgan fingerprint density at radius 1 is 0.481 bits per heavy atom. The van der Waals surface area contributed by atoms with Crippen molar-refractivity contribution in [3.05, 3.63) is 95.3 Å². The van der Waals surface area contributed by atoms with Crippen LogP contribution in [0.2, 0.25) is 35.2 Å². The van der Waals surface area contributed by atoms with Crippen LogP contribution in [0.1, 0.15) is 13.0 Å². The molecule has 0 N–H and O–H groups in total. The third-order valence-corrected chi connectivity index (χ3v) is 8.11. The molecule has 0 aliphatic heterocycles. The fourth-order valence-electron chi connectivity index (χ4n) is 3.32. The van der Waals surface area contributed by atoms with Crippen molar-refractivity contribution >= 4 is 155 Å². The number of rotatable bonds is 7. The molecule has 0 radical (unpaired) electrons. The van der Waals surface area contributed by atoms with Gasteiger partial charge in [0.15, 0.2) is 17.2 Å². The van der Waals surface area contributed by atoms with Crippen molar-refractivity contribution in [3.63, 3.8) is 0 Å². The molecule has 0 saturated heterocycles. The number of hydrogen-bond donors (Lipinski definition) is 0. The highest BCUT2D eigenvalue weighted by Gasteiger charge is 2.16. The summed E-state index contributed by atoms with van der Waals surface area (Å²) in [5, 5.41) is 3.15. The Bertz CT molecular complexity index is 1570. The van der Waals surface area contributed by atoms with Crippen LogP contribution in [0.15, 0.2) is 54.6 Å². The first-order chi connectivity index (χ1) is 25.0. The van der Waals surface area contributed by atoms with E-state index in [0.29, 0.717) is 58.9 Å².